The minimum Gasteiger partial charge on any atom is -0.497 e. The molecular formula is C20H21N3O. The monoisotopic (exact) mass is 319 g/mol. The molecule has 1 aromatic heterocycles. The molecule has 0 atom stereocenters. The molecule has 0 saturated carbocycles. The first kappa shape index (κ1) is 15.0. The molecule has 2 heterocycles. The summed E-state index contributed by atoms with van der Waals surface area (Å²) in [5.41, 5.74) is 4.99. The van der Waals surface area contributed by atoms with E-state index in [1.807, 2.05) is 29.1 Å². The van der Waals surface area contributed by atoms with E-state index in [0.717, 1.165) is 43.2 Å². The summed E-state index contributed by atoms with van der Waals surface area (Å²) in [6.45, 7) is 2.89. The fourth-order valence-corrected chi connectivity index (χ4v) is 3.25. The number of benzene rings is 2. The second-order valence-electron chi connectivity index (χ2n) is 6.18. The third kappa shape index (κ3) is 3.05. The van der Waals surface area contributed by atoms with Crippen LogP contribution in [0.5, 0.6) is 5.75 Å². The Kier molecular flexibility index (Phi) is 4.05. The van der Waals surface area contributed by atoms with Crippen molar-refractivity contribution in [1.82, 2.24) is 14.7 Å². The van der Waals surface area contributed by atoms with Crippen molar-refractivity contribution >= 4 is 0 Å². The third-order valence-electron chi connectivity index (χ3n) is 4.56. The van der Waals surface area contributed by atoms with Crippen LogP contribution >= 0.6 is 0 Å². The van der Waals surface area contributed by atoms with Crippen LogP contribution < -0.4 is 4.74 Å². The highest BCUT2D eigenvalue weighted by Gasteiger charge is 2.17. The van der Waals surface area contributed by atoms with E-state index in [9.17, 15) is 0 Å². The Hall–Kier alpha value is -2.59. The van der Waals surface area contributed by atoms with Crippen LogP contribution in [-0.4, -0.2) is 28.3 Å². The maximum Gasteiger partial charge on any atom is 0.119 e. The molecule has 0 amide bonds. The summed E-state index contributed by atoms with van der Waals surface area (Å²) in [4.78, 5) is 2.44. The lowest BCUT2D eigenvalue weighted by Crippen LogP contribution is -2.30. The van der Waals surface area contributed by atoms with Gasteiger partial charge in [-0.2, -0.15) is 5.10 Å². The molecule has 0 saturated heterocycles. The van der Waals surface area contributed by atoms with E-state index < -0.39 is 0 Å². The van der Waals surface area contributed by atoms with E-state index in [1.54, 1.807) is 7.11 Å². The molecule has 0 fully saturated rings. The number of methoxy groups -OCH3 is 1. The van der Waals surface area contributed by atoms with E-state index in [1.165, 1.54) is 11.1 Å². The highest BCUT2D eigenvalue weighted by molar-refractivity contribution is 5.37. The second kappa shape index (κ2) is 6.49. The van der Waals surface area contributed by atoms with Gasteiger partial charge in [0.25, 0.3) is 0 Å². The van der Waals surface area contributed by atoms with Gasteiger partial charge in [0.05, 0.1) is 18.5 Å². The van der Waals surface area contributed by atoms with Gasteiger partial charge < -0.3 is 4.74 Å². The molecule has 4 heteroatoms. The minimum absolute atomic E-state index is 0.872. The van der Waals surface area contributed by atoms with Gasteiger partial charge >= 0.3 is 0 Å². The van der Waals surface area contributed by atoms with Gasteiger partial charge in [0.15, 0.2) is 0 Å². The largest absolute Gasteiger partial charge is 0.497 e. The van der Waals surface area contributed by atoms with Crippen LogP contribution in [0.4, 0.5) is 0 Å². The molecule has 0 spiro atoms. The predicted molar refractivity (Wildman–Crippen MR) is 94.4 cm³/mol. The molecule has 0 radical (unpaired) electrons. The number of hydrogen-bond donors (Lipinski definition) is 0. The van der Waals surface area contributed by atoms with Gasteiger partial charge in [-0.15, -0.1) is 0 Å². The van der Waals surface area contributed by atoms with Crippen LogP contribution in [-0.2, 0) is 19.5 Å². The summed E-state index contributed by atoms with van der Waals surface area (Å²) in [5.74, 6) is 0.934. The minimum atomic E-state index is 0.872. The lowest BCUT2D eigenvalue weighted by atomic mass is 9.99. The zero-order valence-corrected chi connectivity index (χ0v) is 13.9. The number of rotatable bonds is 4. The first-order chi connectivity index (χ1) is 11.8. The Labute approximate surface area is 142 Å². The molecule has 1 aliphatic heterocycles. The van der Waals surface area contributed by atoms with Crippen molar-refractivity contribution in [2.24, 2.45) is 0 Å². The Morgan fingerprint density at radius 1 is 1.04 bits per heavy atom. The average Bonchev–Trinajstić information content (AvgIpc) is 3.10. The summed E-state index contributed by atoms with van der Waals surface area (Å²) in [6, 6.07) is 18.7. The van der Waals surface area contributed by atoms with E-state index in [2.05, 4.69) is 41.3 Å². The Morgan fingerprint density at radius 3 is 2.75 bits per heavy atom. The van der Waals surface area contributed by atoms with Crippen molar-refractivity contribution < 1.29 is 4.74 Å². The maximum atomic E-state index is 5.35. The zero-order chi connectivity index (χ0) is 16.4. The fraction of sp³-hybridized carbons (Fsp3) is 0.250. The van der Waals surface area contributed by atoms with Crippen molar-refractivity contribution in [3.05, 3.63) is 77.6 Å². The lowest BCUT2D eigenvalue weighted by Gasteiger charge is -2.28. The molecule has 0 N–H and O–H groups in total. The number of ether oxygens (including phenoxy) is 1. The molecule has 0 bridgehead atoms. The maximum absolute atomic E-state index is 5.35. The molecule has 0 unspecified atom stereocenters. The summed E-state index contributed by atoms with van der Waals surface area (Å²) in [6.07, 6.45) is 3.12. The van der Waals surface area contributed by atoms with Crippen LogP contribution in [0.15, 0.2) is 60.8 Å². The first-order valence-corrected chi connectivity index (χ1v) is 8.30. The van der Waals surface area contributed by atoms with Crippen LogP contribution in [0.3, 0.4) is 0 Å². The van der Waals surface area contributed by atoms with Gasteiger partial charge in [0.1, 0.15) is 5.75 Å². The van der Waals surface area contributed by atoms with Gasteiger partial charge in [-0.3, -0.25) is 4.90 Å². The second-order valence-corrected chi connectivity index (χ2v) is 6.18. The summed E-state index contributed by atoms with van der Waals surface area (Å²) >= 11 is 0. The van der Waals surface area contributed by atoms with Crippen molar-refractivity contribution in [1.29, 1.82) is 0 Å². The van der Waals surface area contributed by atoms with Gasteiger partial charge in [0, 0.05) is 25.8 Å². The molecule has 4 rings (SSSR count). The summed E-state index contributed by atoms with van der Waals surface area (Å²) in [5, 5.41) is 4.71. The van der Waals surface area contributed by atoms with Crippen LogP contribution in [0, 0.1) is 0 Å². The molecule has 24 heavy (non-hydrogen) atoms. The van der Waals surface area contributed by atoms with Crippen LogP contribution in [0.2, 0.25) is 0 Å². The van der Waals surface area contributed by atoms with Crippen LogP contribution in [0.25, 0.3) is 5.69 Å². The molecule has 0 aliphatic carbocycles. The number of nitrogens with zero attached hydrogens (tertiary/aromatic N) is 3. The number of para-hydroxylation sites is 1. The third-order valence-corrected chi connectivity index (χ3v) is 4.56. The first-order valence-electron chi connectivity index (χ1n) is 8.30. The molecular weight excluding hydrogens is 298 g/mol. The van der Waals surface area contributed by atoms with Gasteiger partial charge in [-0.1, -0.05) is 24.3 Å². The molecule has 4 nitrogen and oxygen atoms in total. The smallest absolute Gasteiger partial charge is 0.119 e. The van der Waals surface area contributed by atoms with Crippen molar-refractivity contribution in [2.75, 3.05) is 13.7 Å². The standard InChI is InChI=1S/C20H21N3O/c1-24-20-8-7-16-9-11-22(14-17(16)13-20)15-18-10-12-23(21-18)19-5-3-2-4-6-19/h2-8,10,12-13H,9,11,14-15H2,1H3. The van der Waals surface area contributed by atoms with E-state index in [4.69, 9.17) is 9.84 Å². The van der Waals surface area contributed by atoms with Crippen molar-refractivity contribution in [3.8, 4) is 11.4 Å². The number of fused-ring (bicyclic) bond motifs is 1. The normalized spacial score (nSPS) is 14.4. The van der Waals surface area contributed by atoms with E-state index in [-0.39, 0.29) is 0 Å². The van der Waals surface area contributed by atoms with Crippen molar-refractivity contribution in [3.63, 3.8) is 0 Å². The average molecular weight is 319 g/mol. The van der Waals surface area contributed by atoms with Crippen LogP contribution in [0.1, 0.15) is 16.8 Å². The Balaban J connectivity index is 1.47. The Morgan fingerprint density at radius 2 is 1.92 bits per heavy atom. The molecule has 3 aromatic rings. The summed E-state index contributed by atoms with van der Waals surface area (Å²) in [7, 11) is 1.72. The topological polar surface area (TPSA) is 30.3 Å². The molecule has 2 aromatic carbocycles. The molecule has 122 valence electrons. The van der Waals surface area contributed by atoms with Crippen molar-refractivity contribution in [2.45, 2.75) is 19.5 Å². The van der Waals surface area contributed by atoms with Gasteiger partial charge in [-0.05, 0) is 47.9 Å². The predicted octanol–water partition coefficient (Wildman–Crippen LogP) is 3.44. The highest BCUT2D eigenvalue weighted by Crippen LogP contribution is 2.24. The fourth-order valence-electron chi connectivity index (χ4n) is 3.25. The molecule has 1 aliphatic rings. The summed E-state index contributed by atoms with van der Waals surface area (Å²) < 4.78 is 7.29. The zero-order valence-electron chi connectivity index (χ0n) is 13.9. The Bertz CT molecular complexity index is 826. The van der Waals surface area contributed by atoms with Gasteiger partial charge in [-0.25, -0.2) is 4.68 Å². The highest BCUT2D eigenvalue weighted by atomic mass is 16.5. The van der Waals surface area contributed by atoms with Gasteiger partial charge in [0.2, 0.25) is 0 Å². The van der Waals surface area contributed by atoms with E-state index >= 15 is 0 Å². The SMILES string of the molecule is COc1ccc2c(c1)CN(Cc1ccn(-c3ccccc3)n1)CC2. The quantitative estimate of drug-likeness (QED) is 0.738. The lowest BCUT2D eigenvalue weighted by molar-refractivity contribution is 0.241. The number of aromatic nitrogens is 2. The van der Waals surface area contributed by atoms with E-state index in [0.29, 0.717) is 0 Å². The number of hydrogen-bond acceptors (Lipinski definition) is 3.